The molecule has 1 rings (SSSR count). The van der Waals surface area contributed by atoms with Crippen LogP contribution < -0.4 is 5.43 Å². The molecule has 0 aromatic carbocycles. The highest BCUT2D eigenvalue weighted by Gasteiger charge is 2.15. The van der Waals surface area contributed by atoms with Gasteiger partial charge in [0, 0.05) is 13.6 Å². The Labute approximate surface area is 48.4 Å². The van der Waals surface area contributed by atoms with E-state index in [1.165, 1.54) is 0 Å². The highest BCUT2D eigenvalue weighted by molar-refractivity contribution is 6.21. The fraction of sp³-hybridized carbons (Fsp3) is 0.750. The molecule has 1 unspecified atom stereocenters. The molecule has 0 bridgehead atoms. The molecule has 1 heterocycles. The van der Waals surface area contributed by atoms with Crippen molar-refractivity contribution in [1.82, 2.24) is 10.4 Å². The second-order valence-electron chi connectivity index (χ2n) is 1.69. The maximum absolute atomic E-state index is 5.65. The first kappa shape index (κ1) is 5.35. The van der Waals surface area contributed by atoms with Crippen molar-refractivity contribution in [1.29, 1.82) is 0 Å². The smallest absolute Gasteiger partial charge is 0.0659 e. The Morgan fingerprint density at radius 3 is 2.86 bits per heavy atom. The molecule has 0 spiro atoms. The predicted octanol–water partition coefficient (Wildman–Crippen LogP) is 0.206. The minimum absolute atomic E-state index is 0.185. The zero-order valence-electron chi connectivity index (χ0n) is 4.19. The Kier molecular flexibility index (Phi) is 1.52. The summed E-state index contributed by atoms with van der Waals surface area (Å²) in [6, 6.07) is 0. The summed E-state index contributed by atoms with van der Waals surface area (Å²) in [5.74, 6) is 0. The molecular formula is C4H8ClN2. The lowest BCUT2D eigenvalue weighted by Gasteiger charge is -2.03. The van der Waals surface area contributed by atoms with Crippen molar-refractivity contribution in [2.24, 2.45) is 0 Å². The van der Waals surface area contributed by atoms with E-state index in [2.05, 4.69) is 5.43 Å². The lowest BCUT2D eigenvalue weighted by atomic mass is 10.5. The molecule has 3 heteroatoms. The van der Waals surface area contributed by atoms with E-state index >= 15 is 0 Å². The van der Waals surface area contributed by atoms with Crippen LogP contribution in [0.3, 0.4) is 0 Å². The lowest BCUT2D eigenvalue weighted by Crippen LogP contribution is -2.23. The zero-order valence-corrected chi connectivity index (χ0v) is 4.94. The van der Waals surface area contributed by atoms with Crippen molar-refractivity contribution >= 4 is 11.6 Å². The van der Waals surface area contributed by atoms with E-state index < -0.39 is 0 Å². The molecule has 1 aliphatic heterocycles. The van der Waals surface area contributed by atoms with Gasteiger partial charge >= 0.3 is 0 Å². The highest BCUT2D eigenvalue weighted by atomic mass is 35.5. The van der Waals surface area contributed by atoms with Crippen molar-refractivity contribution in [3.05, 3.63) is 6.54 Å². The third-order valence-electron chi connectivity index (χ3n) is 0.924. The van der Waals surface area contributed by atoms with Crippen LogP contribution in [0.15, 0.2) is 0 Å². The van der Waals surface area contributed by atoms with Gasteiger partial charge in [-0.05, 0) is 0 Å². The molecule has 7 heavy (non-hydrogen) atoms. The molecule has 0 amide bonds. The van der Waals surface area contributed by atoms with Crippen molar-refractivity contribution in [3.63, 3.8) is 0 Å². The molecule has 0 aromatic heterocycles. The fourth-order valence-electron chi connectivity index (χ4n) is 0.575. The molecule has 1 N–H and O–H groups in total. The van der Waals surface area contributed by atoms with E-state index in [1.54, 1.807) is 0 Å². The van der Waals surface area contributed by atoms with Crippen molar-refractivity contribution in [2.45, 2.75) is 5.38 Å². The molecule has 1 saturated heterocycles. The number of hydrazine groups is 1. The summed E-state index contributed by atoms with van der Waals surface area (Å²) >= 11 is 5.65. The number of hydrogen-bond acceptors (Lipinski definition) is 2. The van der Waals surface area contributed by atoms with Crippen molar-refractivity contribution in [2.75, 3.05) is 13.6 Å². The van der Waals surface area contributed by atoms with Crippen LogP contribution in [0, 0.1) is 6.54 Å². The van der Waals surface area contributed by atoms with Crippen LogP contribution in [0.1, 0.15) is 0 Å². The molecule has 2 nitrogen and oxygen atoms in total. The second-order valence-corrected chi connectivity index (χ2v) is 2.25. The molecule has 0 saturated carbocycles. The van der Waals surface area contributed by atoms with Crippen LogP contribution in [-0.2, 0) is 0 Å². The van der Waals surface area contributed by atoms with E-state index in [0.29, 0.717) is 0 Å². The molecule has 1 aliphatic rings. The van der Waals surface area contributed by atoms with E-state index in [0.717, 1.165) is 6.54 Å². The van der Waals surface area contributed by atoms with Gasteiger partial charge in [-0.1, -0.05) is 0 Å². The number of nitrogens with zero attached hydrogens (tertiary/aromatic N) is 1. The summed E-state index contributed by atoms with van der Waals surface area (Å²) in [5, 5.41) is 2.13. The van der Waals surface area contributed by atoms with Gasteiger partial charge in [0.25, 0.3) is 0 Å². The Morgan fingerprint density at radius 2 is 2.71 bits per heavy atom. The van der Waals surface area contributed by atoms with Gasteiger partial charge in [0.2, 0.25) is 0 Å². The normalized spacial score (nSPS) is 34.3. The molecule has 0 aromatic rings. The van der Waals surface area contributed by atoms with Crippen molar-refractivity contribution < 1.29 is 0 Å². The molecular weight excluding hydrogens is 112 g/mol. The van der Waals surface area contributed by atoms with E-state index in [-0.39, 0.29) is 5.38 Å². The SMILES string of the molecule is CN1CC(Cl)[CH]N1. The first-order valence-electron chi connectivity index (χ1n) is 2.24. The van der Waals surface area contributed by atoms with Gasteiger partial charge in [-0.2, -0.15) is 0 Å². The number of rotatable bonds is 0. The van der Waals surface area contributed by atoms with Crippen LogP contribution in [0.5, 0.6) is 0 Å². The van der Waals surface area contributed by atoms with Gasteiger partial charge in [-0.25, -0.2) is 10.4 Å². The summed E-state index contributed by atoms with van der Waals surface area (Å²) in [6.45, 7) is 2.77. The summed E-state index contributed by atoms with van der Waals surface area (Å²) in [6.07, 6.45) is 0. The number of hydrogen-bond donors (Lipinski definition) is 1. The van der Waals surface area contributed by atoms with Gasteiger partial charge in [-0.3, -0.25) is 0 Å². The fourth-order valence-corrected chi connectivity index (χ4v) is 0.839. The van der Waals surface area contributed by atoms with Gasteiger partial charge in [0.15, 0.2) is 0 Å². The first-order chi connectivity index (χ1) is 3.29. The predicted molar refractivity (Wildman–Crippen MR) is 29.7 cm³/mol. The van der Waals surface area contributed by atoms with Gasteiger partial charge < -0.3 is 0 Å². The van der Waals surface area contributed by atoms with Gasteiger partial charge in [-0.15, -0.1) is 11.6 Å². The standard InChI is InChI=1S/C4H8ClN2/c1-7-3-4(5)2-6-7/h2,4,6H,3H2,1H3. The van der Waals surface area contributed by atoms with E-state index in [4.69, 9.17) is 11.6 Å². The van der Waals surface area contributed by atoms with Crippen molar-refractivity contribution in [3.8, 4) is 0 Å². The molecule has 1 atom stereocenters. The Bertz CT molecular complexity index is 58.7. The van der Waals surface area contributed by atoms with Crippen LogP contribution in [0.4, 0.5) is 0 Å². The average molecular weight is 120 g/mol. The molecule has 41 valence electrons. The largest absolute Gasteiger partial charge is 0.249 e. The van der Waals surface area contributed by atoms with Gasteiger partial charge in [0.05, 0.1) is 11.9 Å². The Hall–Kier alpha value is 0.210. The van der Waals surface area contributed by atoms with Crippen LogP contribution in [0.25, 0.3) is 0 Å². The topological polar surface area (TPSA) is 15.3 Å². The first-order valence-corrected chi connectivity index (χ1v) is 2.67. The molecule has 1 fully saturated rings. The number of alkyl halides is 1. The third-order valence-corrected chi connectivity index (χ3v) is 1.19. The van der Waals surface area contributed by atoms with E-state index in [1.807, 2.05) is 18.6 Å². The van der Waals surface area contributed by atoms with E-state index in [9.17, 15) is 0 Å². The second kappa shape index (κ2) is 1.99. The maximum Gasteiger partial charge on any atom is 0.0659 e. The minimum Gasteiger partial charge on any atom is -0.249 e. The Balaban J connectivity index is 2.26. The van der Waals surface area contributed by atoms with Crippen LogP contribution in [0.2, 0.25) is 0 Å². The Morgan fingerprint density at radius 1 is 2.00 bits per heavy atom. The highest BCUT2D eigenvalue weighted by Crippen LogP contribution is 2.05. The van der Waals surface area contributed by atoms with Crippen LogP contribution >= 0.6 is 11.6 Å². The summed E-state index contributed by atoms with van der Waals surface area (Å²) in [4.78, 5) is 0. The number of nitrogens with one attached hydrogen (secondary N) is 1. The average Bonchev–Trinajstić information content (AvgIpc) is 1.87. The molecule has 0 aliphatic carbocycles. The lowest BCUT2D eigenvalue weighted by molar-refractivity contribution is 0.327. The molecule has 1 radical (unpaired) electrons. The quantitative estimate of drug-likeness (QED) is 0.459. The summed E-state index contributed by atoms with van der Waals surface area (Å²) < 4.78 is 0. The van der Waals surface area contributed by atoms with Crippen LogP contribution in [-0.4, -0.2) is 24.0 Å². The maximum atomic E-state index is 5.65. The summed E-state index contributed by atoms with van der Waals surface area (Å²) in [7, 11) is 1.96. The zero-order chi connectivity index (χ0) is 5.28. The minimum atomic E-state index is 0.185. The summed E-state index contributed by atoms with van der Waals surface area (Å²) in [5.41, 5.74) is 2.95. The van der Waals surface area contributed by atoms with Gasteiger partial charge in [0.1, 0.15) is 0 Å². The third kappa shape index (κ3) is 1.30. The number of halogens is 1. The monoisotopic (exact) mass is 119 g/mol.